The third-order valence-corrected chi connectivity index (χ3v) is 8.23. The van der Waals surface area contributed by atoms with Crippen LogP contribution in [-0.2, 0) is 0 Å². The highest BCUT2D eigenvalue weighted by Gasteiger charge is 2.58. The third-order valence-electron chi connectivity index (χ3n) is 8.23. The summed E-state index contributed by atoms with van der Waals surface area (Å²) in [5, 5.41) is 13.0. The highest BCUT2D eigenvalue weighted by Crippen LogP contribution is 2.65. The molecule has 0 bridgehead atoms. The third kappa shape index (κ3) is 1.93. The Morgan fingerprint density at radius 2 is 1.81 bits per heavy atom. The quantitative estimate of drug-likeness (QED) is 0.399. The van der Waals surface area contributed by atoms with Crippen LogP contribution in [0.5, 0.6) is 0 Å². The second kappa shape index (κ2) is 4.99. The summed E-state index contributed by atoms with van der Waals surface area (Å²) in [7, 11) is 0. The SMILES string of the molecule is C[C@@]12CCC[C@H]1[C@@H]1CC[C@H]3CCCC[C@]3(C=NO)[C@H]1CC2. The van der Waals surface area contributed by atoms with Crippen molar-refractivity contribution in [2.45, 2.75) is 77.6 Å². The van der Waals surface area contributed by atoms with Crippen LogP contribution in [0.3, 0.4) is 0 Å². The predicted molar refractivity (Wildman–Crippen MR) is 85.6 cm³/mol. The van der Waals surface area contributed by atoms with Crippen LogP contribution in [-0.4, -0.2) is 11.4 Å². The van der Waals surface area contributed by atoms with E-state index in [1.807, 2.05) is 6.21 Å². The van der Waals surface area contributed by atoms with Gasteiger partial charge in [-0.1, -0.05) is 26.2 Å². The number of rotatable bonds is 1. The largest absolute Gasteiger partial charge is 0.411 e. The van der Waals surface area contributed by atoms with Gasteiger partial charge in [-0.05, 0) is 80.5 Å². The summed E-state index contributed by atoms with van der Waals surface area (Å²) < 4.78 is 0. The molecule has 4 rings (SSSR count). The van der Waals surface area contributed by atoms with Crippen molar-refractivity contribution in [3.63, 3.8) is 0 Å². The van der Waals surface area contributed by atoms with Gasteiger partial charge in [0.25, 0.3) is 0 Å². The fourth-order valence-electron chi connectivity index (χ4n) is 7.31. The van der Waals surface area contributed by atoms with Gasteiger partial charge in [0, 0.05) is 5.41 Å². The number of nitrogens with zero attached hydrogens (tertiary/aromatic N) is 1. The molecule has 4 aliphatic carbocycles. The molecule has 0 saturated heterocycles. The zero-order valence-corrected chi connectivity index (χ0v) is 13.6. The number of fused-ring (bicyclic) bond motifs is 5. The molecule has 0 aromatic carbocycles. The molecular weight excluding hydrogens is 258 g/mol. The van der Waals surface area contributed by atoms with Gasteiger partial charge in [-0.2, -0.15) is 0 Å². The van der Waals surface area contributed by atoms with Crippen molar-refractivity contribution < 1.29 is 5.21 Å². The van der Waals surface area contributed by atoms with Gasteiger partial charge in [0.15, 0.2) is 0 Å². The molecule has 4 aliphatic rings. The molecule has 0 aromatic heterocycles. The van der Waals surface area contributed by atoms with Crippen LogP contribution >= 0.6 is 0 Å². The van der Waals surface area contributed by atoms with Crippen LogP contribution in [0.15, 0.2) is 5.16 Å². The molecule has 21 heavy (non-hydrogen) atoms. The van der Waals surface area contributed by atoms with Gasteiger partial charge < -0.3 is 5.21 Å². The van der Waals surface area contributed by atoms with Gasteiger partial charge in [-0.3, -0.25) is 0 Å². The van der Waals surface area contributed by atoms with Crippen LogP contribution in [0.25, 0.3) is 0 Å². The first-order valence-corrected chi connectivity index (χ1v) is 9.38. The molecule has 0 aromatic rings. The van der Waals surface area contributed by atoms with Crippen molar-refractivity contribution >= 4 is 6.21 Å². The highest BCUT2D eigenvalue weighted by atomic mass is 16.4. The number of oxime groups is 1. The summed E-state index contributed by atoms with van der Waals surface area (Å²) in [6, 6.07) is 0. The second-order valence-corrected chi connectivity index (χ2v) is 8.84. The van der Waals surface area contributed by atoms with E-state index in [1.54, 1.807) is 0 Å². The molecule has 0 spiro atoms. The first-order valence-electron chi connectivity index (χ1n) is 9.38. The molecule has 6 atom stereocenters. The van der Waals surface area contributed by atoms with E-state index < -0.39 is 0 Å². The fraction of sp³-hybridized carbons (Fsp3) is 0.947. The van der Waals surface area contributed by atoms with Crippen molar-refractivity contribution in [3.05, 3.63) is 0 Å². The zero-order chi connectivity index (χ0) is 14.5. The summed E-state index contributed by atoms with van der Waals surface area (Å²) in [5.74, 6) is 3.49. The van der Waals surface area contributed by atoms with Gasteiger partial charge in [-0.25, -0.2) is 0 Å². The summed E-state index contributed by atoms with van der Waals surface area (Å²) >= 11 is 0. The average Bonchev–Trinajstić information content (AvgIpc) is 2.89. The smallest absolute Gasteiger partial charge is 0.0503 e. The van der Waals surface area contributed by atoms with Gasteiger partial charge in [0.1, 0.15) is 0 Å². The lowest BCUT2D eigenvalue weighted by molar-refractivity contribution is -0.0754. The zero-order valence-electron chi connectivity index (χ0n) is 13.6. The van der Waals surface area contributed by atoms with Crippen LogP contribution in [0.2, 0.25) is 0 Å². The Kier molecular flexibility index (Phi) is 3.35. The van der Waals surface area contributed by atoms with E-state index >= 15 is 0 Å². The van der Waals surface area contributed by atoms with E-state index in [1.165, 1.54) is 70.6 Å². The molecule has 4 saturated carbocycles. The van der Waals surface area contributed by atoms with Crippen LogP contribution in [0.4, 0.5) is 0 Å². The van der Waals surface area contributed by atoms with E-state index in [0.717, 1.165) is 23.7 Å². The van der Waals surface area contributed by atoms with Crippen LogP contribution in [0.1, 0.15) is 77.6 Å². The van der Waals surface area contributed by atoms with Crippen molar-refractivity contribution in [2.75, 3.05) is 0 Å². The lowest BCUT2D eigenvalue weighted by Crippen LogP contribution is -2.54. The van der Waals surface area contributed by atoms with Gasteiger partial charge >= 0.3 is 0 Å². The maximum Gasteiger partial charge on any atom is 0.0503 e. The Balaban J connectivity index is 1.69. The predicted octanol–water partition coefficient (Wildman–Crippen LogP) is 5.25. The van der Waals surface area contributed by atoms with Crippen molar-refractivity contribution in [1.29, 1.82) is 0 Å². The first kappa shape index (κ1) is 14.1. The van der Waals surface area contributed by atoms with E-state index in [2.05, 4.69) is 12.1 Å². The molecule has 0 aliphatic heterocycles. The summed E-state index contributed by atoms with van der Waals surface area (Å²) in [6.45, 7) is 2.57. The average molecular weight is 289 g/mol. The minimum atomic E-state index is 0.250. The molecule has 0 heterocycles. The summed E-state index contributed by atoms with van der Waals surface area (Å²) in [5.41, 5.74) is 0.889. The molecule has 2 heteroatoms. The Labute approximate surface area is 129 Å². The Bertz CT molecular complexity index is 433. The Morgan fingerprint density at radius 1 is 0.905 bits per heavy atom. The van der Waals surface area contributed by atoms with E-state index in [4.69, 9.17) is 0 Å². The minimum absolute atomic E-state index is 0.250. The molecule has 0 radical (unpaired) electrons. The topological polar surface area (TPSA) is 32.6 Å². The highest BCUT2D eigenvalue weighted by molar-refractivity contribution is 5.67. The molecule has 0 amide bonds. The summed E-state index contributed by atoms with van der Waals surface area (Å²) in [6.07, 6.45) is 17.4. The fourth-order valence-corrected chi connectivity index (χ4v) is 7.31. The molecule has 4 fully saturated rings. The van der Waals surface area contributed by atoms with Gasteiger partial charge in [0.2, 0.25) is 0 Å². The Morgan fingerprint density at radius 3 is 2.67 bits per heavy atom. The van der Waals surface area contributed by atoms with Crippen molar-refractivity contribution in [2.24, 2.45) is 39.7 Å². The molecule has 2 nitrogen and oxygen atoms in total. The van der Waals surface area contributed by atoms with Crippen molar-refractivity contribution in [1.82, 2.24) is 0 Å². The molecular formula is C19H31NO. The maximum atomic E-state index is 9.35. The maximum absolute atomic E-state index is 9.35. The van der Waals surface area contributed by atoms with Crippen LogP contribution < -0.4 is 0 Å². The molecule has 0 unspecified atom stereocenters. The molecule has 1 N–H and O–H groups in total. The lowest BCUT2D eigenvalue weighted by Gasteiger charge is -2.59. The lowest BCUT2D eigenvalue weighted by atomic mass is 9.45. The van der Waals surface area contributed by atoms with E-state index in [9.17, 15) is 5.21 Å². The Hall–Kier alpha value is -0.530. The second-order valence-electron chi connectivity index (χ2n) is 8.84. The normalized spacial score (nSPS) is 53.2. The molecule has 118 valence electrons. The van der Waals surface area contributed by atoms with E-state index in [-0.39, 0.29) is 5.41 Å². The monoisotopic (exact) mass is 289 g/mol. The first-order chi connectivity index (χ1) is 10.2. The van der Waals surface area contributed by atoms with Gasteiger partial charge in [0.05, 0.1) is 6.21 Å². The number of hydrogen-bond acceptors (Lipinski definition) is 2. The van der Waals surface area contributed by atoms with Crippen LogP contribution in [0, 0.1) is 34.5 Å². The van der Waals surface area contributed by atoms with Crippen molar-refractivity contribution in [3.8, 4) is 0 Å². The standard InChI is InChI=1S/C19H31NO/c1-18-10-4-6-16(18)15-8-7-14-5-2-3-11-19(14,13-20-21)17(15)9-12-18/h13-17,21H,2-12H2,1H3/t14-,15+,16+,17+,18+,19-/m1/s1. The van der Waals surface area contributed by atoms with E-state index in [0.29, 0.717) is 5.41 Å². The minimum Gasteiger partial charge on any atom is -0.411 e. The number of hydrogen-bond donors (Lipinski definition) is 1. The summed E-state index contributed by atoms with van der Waals surface area (Å²) in [4.78, 5) is 0. The van der Waals surface area contributed by atoms with Gasteiger partial charge in [-0.15, -0.1) is 5.16 Å².